The number of fused-ring (bicyclic) bond motifs is 5. The number of carbonyl (C=O) groups excluding carboxylic acids is 1. The van der Waals surface area contributed by atoms with E-state index in [2.05, 4.69) is 6.92 Å². The number of pyridine rings is 2. The minimum Gasteiger partial charge on any atom is -0.508 e. The molecule has 0 spiro atoms. The number of aromatic nitrogens is 2. The van der Waals surface area contributed by atoms with E-state index in [1.165, 1.54) is 0 Å². The number of phenolic OH excluding ortho intramolecular Hbond substituents is 1. The van der Waals surface area contributed by atoms with Gasteiger partial charge in [0.2, 0.25) is 0 Å². The number of hydrogen-bond donors (Lipinski definition) is 1. The molecule has 0 saturated heterocycles. The first kappa shape index (κ1) is 19.0. The Labute approximate surface area is 174 Å². The van der Waals surface area contributed by atoms with Gasteiger partial charge in [-0.1, -0.05) is 13.8 Å². The van der Waals surface area contributed by atoms with Crippen LogP contribution >= 0.6 is 0 Å². The van der Waals surface area contributed by atoms with Crippen LogP contribution in [0.2, 0.25) is 0 Å². The third kappa shape index (κ3) is 2.31. The van der Waals surface area contributed by atoms with Crippen molar-refractivity contribution in [2.24, 2.45) is 0 Å². The third-order valence-corrected chi connectivity index (χ3v) is 6.83. The summed E-state index contributed by atoms with van der Waals surface area (Å²) >= 11 is 0. The van der Waals surface area contributed by atoms with Gasteiger partial charge < -0.3 is 14.4 Å². The van der Waals surface area contributed by atoms with Gasteiger partial charge in [-0.2, -0.15) is 0 Å². The molecule has 1 atom stereocenters. The van der Waals surface area contributed by atoms with Crippen LogP contribution in [0.4, 0.5) is 0 Å². The van der Waals surface area contributed by atoms with E-state index < -0.39 is 5.60 Å². The van der Waals surface area contributed by atoms with E-state index in [1.807, 2.05) is 13.0 Å². The topological polar surface area (TPSA) is 81.4 Å². The molecule has 1 N–H and O–H groups in total. The SMILES string of the molecule is CCc1c2c(nc3ccc(O)cc13)-c1cc3c(c(=O)n1C2)CCC(=O)[C@@]3(CC)OC. The number of aromatic hydroxyl groups is 1. The van der Waals surface area contributed by atoms with E-state index in [1.54, 1.807) is 29.9 Å². The summed E-state index contributed by atoms with van der Waals surface area (Å²) in [6.07, 6.45) is 2.01. The first-order chi connectivity index (χ1) is 14.4. The lowest BCUT2D eigenvalue weighted by Gasteiger charge is -2.35. The second-order valence-corrected chi connectivity index (χ2v) is 8.09. The minimum atomic E-state index is -1.07. The van der Waals surface area contributed by atoms with Crippen molar-refractivity contribution in [2.75, 3.05) is 7.11 Å². The van der Waals surface area contributed by atoms with Crippen molar-refractivity contribution in [1.29, 1.82) is 0 Å². The predicted octanol–water partition coefficient (Wildman–Crippen LogP) is 3.46. The highest BCUT2D eigenvalue weighted by atomic mass is 16.5. The maximum Gasteiger partial charge on any atom is 0.254 e. The van der Waals surface area contributed by atoms with Crippen LogP contribution in [0.5, 0.6) is 5.75 Å². The fraction of sp³-hybridized carbons (Fsp3) is 0.375. The zero-order valence-electron chi connectivity index (χ0n) is 17.4. The number of phenols is 1. The Kier molecular flexibility index (Phi) is 4.12. The number of methoxy groups -OCH3 is 1. The summed E-state index contributed by atoms with van der Waals surface area (Å²) in [4.78, 5) is 31.2. The Morgan fingerprint density at radius 3 is 2.67 bits per heavy atom. The van der Waals surface area contributed by atoms with E-state index in [-0.39, 0.29) is 17.1 Å². The lowest BCUT2D eigenvalue weighted by Crippen LogP contribution is -2.44. The monoisotopic (exact) mass is 404 g/mol. The zero-order chi connectivity index (χ0) is 21.2. The fourth-order valence-electron chi connectivity index (χ4n) is 5.29. The molecule has 0 unspecified atom stereocenters. The summed E-state index contributed by atoms with van der Waals surface area (Å²) < 4.78 is 7.53. The molecule has 0 bridgehead atoms. The molecular formula is C24H24N2O4. The van der Waals surface area contributed by atoms with E-state index in [0.717, 1.165) is 39.8 Å². The Hall–Kier alpha value is -2.99. The highest BCUT2D eigenvalue weighted by Crippen LogP contribution is 2.42. The molecule has 1 aromatic carbocycles. The molecule has 3 aromatic rings. The first-order valence-electron chi connectivity index (χ1n) is 10.5. The molecule has 1 aliphatic carbocycles. The molecule has 30 heavy (non-hydrogen) atoms. The summed E-state index contributed by atoms with van der Waals surface area (Å²) in [6.45, 7) is 4.45. The van der Waals surface area contributed by atoms with Gasteiger partial charge in [0.1, 0.15) is 5.75 Å². The highest BCUT2D eigenvalue weighted by Gasteiger charge is 2.45. The van der Waals surface area contributed by atoms with Gasteiger partial charge in [-0.25, -0.2) is 4.98 Å². The minimum absolute atomic E-state index is 0.0266. The van der Waals surface area contributed by atoms with Crippen molar-refractivity contribution in [3.63, 3.8) is 0 Å². The van der Waals surface area contributed by atoms with Crippen LogP contribution in [0, 0.1) is 0 Å². The number of benzene rings is 1. The summed E-state index contributed by atoms with van der Waals surface area (Å²) in [7, 11) is 1.54. The zero-order valence-corrected chi connectivity index (χ0v) is 17.4. The number of Topliss-reactive ketones (excluding diaryl/α,β-unsaturated/α-hetero) is 1. The summed E-state index contributed by atoms with van der Waals surface area (Å²) in [5, 5.41) is 10.9. The van der Waals surface area contributed by atoms with E-state index in [9.17, 15) is 14.7 Å². The van der Waals surface area contributed by atoms with Gasteiger partial charge in [0.05, 0.1) is 23.4 Å². The number of hydrogen-bond acceptors (Lipinski definition) is 5. The van der Waals surface area contributed by atoms with Gasteiger partial charge in [-0.3, -0.25) is 9.59 Å². The van der Waals surface area contributed by atoms with Gasteiger partial charge in [-0.05, 0) is 49.1 Å². The lowest BCUT2D eigenvalue weighted by atomic mass is 9.76. The number of ether oxygens (including phenoxy) is 1. The summed E-state index contributed by atoms with van der Waals surface area (Å²) in [6, 6.07) is 7.12. The number of carbonyl (C=O) groups is 1. The van der Waals surface area contributed by atoms with Gasteiger partial charge in [-0.15, -0.1) is 0 Å². The van der Waals surface area contributed by atoms with Gasteiger partial charge in [0.15, 0.2) is 11.4 Å². The van der Waals surface area contributed by atoms with Crippen molar-refractivity contribution in [1.82, 2.24) is 9.55 Å². The quantitative estimate of drug-likeness (QED) is 0.566. The van der Waals surface area contributed by atoms with Crippen LogP contribution in [0.1, 0.15) is 48.9 Å². The second-order valence-electron chi connectivity index (χ2n) is 8.09. The van der Waals surface area contributed by atoms with E-state index in [0.29, 0.717) is 36.9 Å². The van der Waals surface area contributed by atoms with Crippen LogP contribution < -0.4 is 5.56 Å². The summed E-state index contributed by atoms with van der Waals surface area (Å²) in [5.74, 6) is 0.229. The van der Waals surface area contributed by atoms with E-state index >= 15 is 0 Å². The van der Waals surface area contributed by atoms with Crippen molar-refractivity contribution in [3.05, 3.63) is 56.9 Å². The predicted molar refractivity (Wildman–Crippen MR) is 114 cm³/mol. The Morgan fingerprint density at radius 1 is 1.17 bits per heavy atom. The van der Waals surface area contributed by atoms with Crippen molar-refractivity contribution in [2.45, 2.75) is 51.7 Å². The van der Waals surface area contributed by atoms with Crippen LogP contribution in [0.15, 0.2) is 29.1 Å². The standard InChI is InChI=1S/C24H24N2O4/c1-4-14-16-10-13(27)6-8-19(16)25-22-17(14)12-26-20(22)11-18-15(23(26)29)7-9-21(28)24(18,5-2)30-3/h6,8,10-11,27H,4-5,7,9,12H2,1-3H3/t24-/m0/s1. The van der Waals surface area contributed by atoms with Crippen LogP contribution in [-0.4, -0.2) is 27.6 Å². The second kappa shape index (κ2) is 6.51. The number of aryl methyl sites for hydroxylation is 1. The van der Waals surface area contributed by atoms with Crippen molar-refractivity contribution in [3.8, 4) is 17.1 Å². The molecule has 6 nitrogen and oxygen atoms in total. The highest BCUT2D eigenvalue weighted by molar-refractivity contribution is 5.92. The van der Waals surface area contributed by atoms with Gasteiger partial charge in [0.25, 0.3) is 5.56 Å². The van der Waals surface area contributed by atoms with Crippen molar-refractivity contribution < 1.29 is 14.6 Å². The smallest absolute Gasteiger partial charge is 0.254 e. The molecular weight excluding hydrogens is 380 g/mol. The molecule has 1 aliphatic heterocycles. The number of rotatable bonds is 3. The van der Waals surface area contributed by atoms with Gasteiger partial charge in [0, 0.05) is 35.6 Å². The molecule has 0 amide bonds. The maximum absolute atomic E-state index is 13.5. The Balaban J connectivity index is 1.84. The fourth-order valence-corrected chi connectivity index (χ4v) is 5.29. The first-order valence-corrected chi connectivity index (χ1v) is 10.5. The Bertz CT molecular complexity index is 1280. The average molecular weight is 404 g/mol. The van der Waals surface area contributed by atoms with Crippen molar-refractivity contribution >= 4 is 16.7 Å². The third-order valence-electron chi connectivity index (χ3n) is 6.83. The van der Waals surface area contributed by atoms with E-state index in [4.69, 9.17) is 9.72 Å². The molecule has 3 heterocycles. The summed E-state index contributed by atoms with van der Waals surface area (Å²) in [5.41, 5.74) is 4.66. The molecule has 0 radical (unpaired) electrons. The molecule has 5 rings (SSSR count). The van der Waals surface area contributed by atoms with Crippen LogP contribution in [0.25, 0.3) is 22.3 Å². The molecule has 0 fully saturated rings. The Morgan fingerprint density at radius 2 is 1.97 bits per heavy atom. The molecule has 2 aromatic heterocycles. The maximum atomic E-state index is 13.5. The molecule has 6 heteroatoms. The normalized spacial score (nSPS) is 19.6. The average Bonchev–Trinajstić information content (AvgIpc) is 3.11. The molecule has 154 valence electrons. The number of ketones is 1. The van der Waals surface area contributed by atoms with Gasteiger partial charge >= 0.3 is 0 Å². The molecule has 0 saturated carbocycles. The number of nitrogens with zero attached hydrogens (tertiary/aromatic N) is 2. The van der Waals surface area contributed by atoms with Crippen LogP contribution in [-0.2, 0) is 34.5 Å². The molecule has 2 aliphatic rings. The van der Waals surface area contributed by atoms with Crippen LogP contribution in [0.3, 0.4) is 0 Å². The largest absolute Gasteiger partial charge is 0.508 e. The lowest BCUT2D eigenvalue weighted by molar-refractivity contribution is -0.144.